The molecule has 152 valence electrons. The Morgan fingerprint density at radius 2 is 1.93 bits per heavy atom. The summed E-state index contributed by atoms with van der Waals surface area (Å²) in [5.74, 6) is 1.07. The number of hydrogen-bond donors (Lipinski definition) is 1. The molecule has 2 aromatic carbocycles. The second-order valence-electron chi connectivity index (χ2n) is 7.42. The molecule has 1 aliphatic rings. The molecule has 0 aliphatic carbocycles. The third-order valence-electron chi connectivity index (χ3n) is 5.56. The third kappa shape index (κ3) is 4.42. The predicted octanol–water partition coefficient (Wildman–Crippen LogP) is 5.21. The van der Waals surface area contributed by atoms with Gasteiger partial charge in [-0.15, -0.1) is 0 Å². The van der Waals surface area contributed by atoms with E-state index in [9.17, 15) is 4.79 Å². The number of amides is 1. The van der Waals surface area contributed by atoms with E-state index >= 15 is 0 Å². The van der Waals surface area contributed by atoms with E-state index in [2.05, 4.69) is 39.9 Å². The first-order chi connectivity index (χ1) is 14.0. The highest BCUT2D eigenvalue weighted by Crippen LogP contribution is 2.28. The lowest BCUT2D eigenvalue weighted by molar-refractivity contribution is -0.121. The van der Waals surface area contributed by atoms with E-state index in [1.165, 1.54) is 5.52 Å². The number of halogens is 2. The number of imidazole rings is 1. The van der Waals surface area contributed by atoms with Crippen molar-refractivity contribution in [3.05, 3.63) is 58.3 Å². The lowest BCUT2D eigenvalue weighted by atomic mass is 9.96. The number of anilines is 1. The van der Waals surface area contributed by atoms with Crippen LogP contribution < -0.4 is 5.32 Å². The van der Waals surface area contributed by atoms with Crippen LogP contribution in [0.5, 0.6) is 0 Å². The zero-order valence-electron chi connectivity index (χ0n) is 16.4. The van der Waals surface area contributed by atoms with Gasteiger partial charge in [-0.3, -0.25) is 9.69 Å². The topological polar surface area (TPSA) is 50.2 Å². The average molecular weight is 431 g/mol. The lowest BCUT2D eigenvalue weighted by Crippen LogP contribution is -2.38. The first-order valence-electron chi connectivity index (χ1n) is 9.97. The average Bonchev–Trinajstić information content (AvgIpc) is 3.08. The number of para-hydroxylation sites is 2. The molecule has 0 unspecified atom stereocenters. The van der Waals surface area contributed by atoms with Crippen molar-refractivity contribution >= 4 is 45.8 Å². The molecule has 0 atom stereocenters. The second-order valence-corrected chi connectivity index (χ2v) is 8.27. The summed E-state index contributed by atoms with van der Waals surface area (Å²) in [6.07, 6.45) is 1.63. The summed E-state index contributed by atoms with van der Waals surface area (Å²) in [6.45, 7) is 5.59. The summed E-state index contributed by atoms with van der Waals surface area (Å²) in [5.41, 5.74) is 2.79. The third-order valence-corrected chi connectivity index (χ3v) is 6.12. The molecule has 1 aliphatic heterocycles. The summed E-state index contributed by atoms with van der Waals surface area (Å²) in [6, 6.07) is 13.3. The van der Waals surface area contributed by atoms with Crippen LogP contribution in [-0.2, 0) is 17.9 Å². The molecule has 0 spiro atoms. The van der Waals surface area contributed by atoms with Crippen LogP contribution in [0.1, 0.15) is 25.6 Å². The maximum atomic E-state index is 12.7. The minimum absolute atomic E-state index is 0.00890. The first-order valence-corrected chi connectivity index (χ1v) is 10.7. The van der Waals surface area contributed by atoms with Crippen LogP contribution in [0.15, 0.2) is 42.5 Å². The number of carbonyl (C=O) groups is 1. The number of nitrogens with zero attached hydrogens (tertiary/aromatic N) is 3. The molecule has 1 amide bonds. The first kappa shape index (κ1) is 20.2. The lowest BCUT2D eigenvalue weighted by Gasteiger charge is -2.31. The van der Waals surface area contributed by atoms with Crippen molar-refractivity contribution < 1.29 is 4.79 Å². The van der Waals surface area contributed by atoms with Crippen LogP contribution in [0.2, 0.25) is 10.0 Å². The number of nitrogens with one attached hydrogen (secondary N) is 1. The minimum atomic E-state index is -0.0220. The van der Waals surface area contributed by atoms with E-state index in [1.807, 2.05) is 6.07 Å². The summed E-state index contributed by atoms with van der Waals surface area (Å²) >= 11 is 12.2. The van der Waals surface area contributed by atoms with Gasteiger partial charge in [-0.05, 0) is 63.2 Å². The Morgan fingerprint density at radius 3 is 2.69 bits per heavy atom. The van der Waals surface area contributed by atoms with Gasteiger partial charge in [0.1, 0.15) is 5.82 Å². The van der Waals surface area contributed by atoms with Crippen LogP contribution in [0.4, 0.5) is 5.69 Å². The van der Waals surface area contributed by atoms with Gasteiger partial charge in [0.25, 0.3) is 0 Å². The monoisotopic (exact) mass is 430 g/mol. The smallest absolute Gasteiger partial charge is 0.227 e. The van der Waals surface area contributed by atoms with Gasteiger partial charge in [0.15, 0.2) is 0 Å². The van der Waals surface area contributed by atoms with E-state index in [-0.39, 0.29) is 11.8 Å². The fraction of sp³-hybridized carbons (Fsp3) is 0.364. The number of likely N-dealkylation sites (tertiary alicyclic amines) is 1. The van der Waals surface area contributed by atoms with Gasteiger partial charge < -0.3 is 9.88 Å². The highest BCUT2D eigenvalue weighted by atomic mass is 35.5. The van der Waals surface area contributed by atoms with Gasteiger partial charge in [-0.2, -0.15) is 0 Å². The zero-order valence-corrected chi connectivity index (χ0v) is 17.9. The molecular weight excluding hydrogens is 407 g/mol. The van der Waals surface area contributed by atoms with E-state index < -0.39 is 0 Å². The highest BCUT2D eigenvalue weighted by Gasteiger charge is 2.26. The van der Waals surface area contributed by atoms with Crippen LogP contribution in [0.3, 0.4) is 0 Å². The zero-order chi connectivity index (χ0) is 20.4. The van der Waals surface area contributed by atoms with Crippen molar-refractivity contribution in [1.29, 1.82) is 0 Å². The maximum Gasteiger partial charge on any atom is 0.227 e. The molecule has 2 heterocycles. The van der Waals surface area contributed by atoms with Gasteiger partial charge in [-0.25, -0.2) is 4.98 Å². The molecule has 1 fully saturated rings. The number of fused-ring (bicyclic) bond motifs is 1. The summed E-state index contributed by atoms with van der Waals surface area (Å²) in [5, 5.41) is 3.98. The van der Waals surface area contributed by atoms with Crippen molar-refractivity contribution in [3.8, 4) is 0 Å². The second kappa shape index (κ2) is 8.74. The van der Waals surface area contributed by atoms with Crippen molar-refractivity contribution in [2.24, 2.45) is 5.92 Å². The fourth-order valence-electron chi connectivity index (χ4n) is 3.98. The van der Waals surface area contributed by atoms with E-state index in [0.717, 1.165) is 50.4 Å². The van der Waals surface area contributed by atoms with Gasteiger partial charge >= 0.3 is 0 Å². The van der Waals surface area contributed by atoms with Gasteiger partial charge in [0.05, 0.1) is 28.3 Å². The van der Waals surface area contributed by atoms with Crippen LogP contribution >= 0.6 is 23.2 Å². The minimum Gasteiger partial charge on any atom is -0.327 e. The Morgan fingerprint density at radius 1 is 1.17 bits per heavy atom. The SMILES string of the molecule is CCn1c(CN2CCC(C(=O)Nc3cc(Cl)ccc3Cl)CC2)nc2ccccc21. The Kier molecular flexibility index (Phi) is 6.09. The van der Waals surface area contributed by atoms with Gasteiger partial charge in [-0.1, -0.05) is 35.3 Å². The number of piperidine rings is 1. The molecule has 7 heteroatoms. The quantitative estimate of drug-likeness (QED) is 0.603. The molecule has 1 aromatic heterocycles. The number of carbonyl (C=O) groups excluding carboxylic acids is 1. The molecule has 0 radical (unpaired) electrons. The van der Waals surface area contributed by atoms with Crippen molar-refractivity contribution in [1.82, 2.24) is 14.5 Å². The van der Waals surface area contributed by atoms with Crippen LogP contribution in [0, 0.1) is 5.92 Å². The number of aryl methyl sites for hydroxylation is 1. The number of hydrogen-bond acceptors (Lipinski definition) is 3. The molecule has 1 N–H and O–H groups in total. The van der Waals surface area contributed by atoms with E-state index in [1.54, 1.807) is 18.2 Å². The molecular formula is C22H24Cl2N4O. The standard InChI is InChI=1S/C22H24Cl2N4O/c1-2-28-20-6-4-3-5-18(20)25-21(28)14-27-11-9-15(10-12-27)22(29)26-19-13-16(23)7-8-17(19)24/h3-8,13,15H,2,9-12,14H2,1H3,(H,26,29). The normalized spacial score (nSPS) is 15.7. The maximum absolute atomic E-state index is 12.7. The van der Waals surface area contributed by atoms with Crippen molar-refractivity contribution in [2.75, 3.05) is 18.4 Å². The Bertz CT molecular complexity index is 1020. The van der Waals surface area contributed by atoms with Crippen molar-refractivity contribution in [3.63, 3.8) is 0 Å². The van der Waals surface area contributed by atoms with Crippen LogP contribution in [-0.4, -0.2) is 33.4 Å². The van der Waals surface area contributed by atoms with Gasteiger partial charge in [0, 0.05) is 17.5 Å². The molecule has 5 nitrogen and oxygen atoms in total. The van der Waals surface area contributed by atoms with Crippen LogP contribution in [0.25, 0.3) is 11.0 Å². The number of aromatic nitrogens is 2. The summed E-state index contributed by atoms with van der Waals surface area (Å²) in [4.78, 5) is 19.9. The predicted molar refractivity (Wildman–Crippen MR) is 118 cm³/mol. The fourth-order valence-corrected chi connectivity index (χ4v) is 4.32. The van der Waals surface area contributed by atoms with E-state index in [4.69, 9.17) is 28.2 Å². The molecule has 3 aromatic rings. The number of benzene rings is 2. The Labute approximate surface area is 180 Å². The number of rotatable bonds is 5. The molecule has 0 saturated carbocycles. The Balaban J connectivity index is 1.37. The molecule has 4 rings (SSSR count). The highest BCUT2D eigenvalue weighted by molar-refractivity contribution is 6.35. The molecule has 0 bridgehead atoms. The largest absolute Gasteiger partial charge is 0.327 e. The summed E-state index contributed by atoms with van der Waals surface area (Å²) in [7, 11) is 0. The Hall–Kier alpha value is -2.08. The van der Waals surface area contributed by atoms with Gasteiger partial charge in [0.2, 0.25) is 5.91 Å². The molecule has 1 saturated heterocycles. The van der Waals surface area contributed by atoms with E-state index in [0.29, 0.717) is 15.7 Å². The summed E-state index contributed by atoms with van der Waals surface area (Å²) < 4.78 is 2.27. The molecule has 29 heavy (non-hydrogen) atoms. The van der Waals surface area contributed by atoms with Crippen molar-refractivity contribution in [2.45, 2.75) is 32.9 Å².